The van der Waals surface area contributed by atoms with Gasteiger partial charge >= 0.3 is 5.97 Å². The van der Waals surface area contributed by atoms with Crippen molar-refractivity contribution < 1.29 is 9.90 Å². The molecule has 1 aliphatic heterocycles. The van der Waals surface area contributed by atoms with E-state index in [0.29, 0.717) is 18.8 Å². The van der Waals surface area contributed by atoms with Crippen LogP contribution in [0.15, 0.2) is 36.1 Å². The zero-order chi connectivity index (χ0) is 16.4. The fourth-order valence-corrected chi connectivity index (χ4v) is 4.32. The molecule has 0 saturated carbocycles. The molecule has 3 rings (SSSR count). The average molecular weight is 331 g/mol. The molecule has 0 unspecified atom stereocenters. The molecule has 3 heterocycles. The van der Waals surface area contributed by atoms with Gasteiger partial charge in [-0.05, 0) is 36.5 Å². The summed E-state index contributed by atoms with van der Waals surface area (Å²) in [6.07, 6.45) is 6.46. The van der Waals surface area contributed by atoms with E-state index in [0.717, 1.165) is 10.6 Å². The van der Waals surface area contributed by atoms with Gasteiger partial charge in [-0.1, -0.05) is 13.8 Å². The largest absolute Gasteiger partial charge is 0.480 e. The van der Waals surface area contributed by atoms with E-state index in [1.807, 2.05) is 17.5 Å². The molecule has 1 aliphatic rings. The van der Waals surface area contributed by atoms with Crippen molar-refractivity contribution in [1.82, 2.24) is 15.3 Å². The first-order chi connectivity index (χ1) is 11.0. The molecule has 0 amide bonds. The van der Waals surface area contributed by atoms with Gasteiger partial charge in [0.25, 0.3) is 0 Å². The lowest BCUT2D eigenvalue weighted by Crippen LogP contribution is -2.49. The van der Waals surface area contributed by atoms with Gasteiger partial charge in [-0.3, -0.25) is 15.1 Å². The molecule has 5 nitrogen and oxygen atoms in total. The summed E-state index contributed by atoms with van der Waals surface area (Å²) in [5, 5.41) is 16.2. The van der Waals surface area contributed by atoms with Gasteiger partial charge in [-0.15, -0.1) is 11.3 Å². The van der Waals surface area contributed by atoms with Crippen molar-refractivity contribution in [3.63, 3.8) is 0 Å². The van der Waals surface area contributed by atoms with E-state index in [1.165, 1.54) is 0 Å². The molecule has 6 heteroatoms. The Kier molecular flexibility index (Phi) is 4.46. The first kappa shape index (κ1) is 16.1. The summed E-state index contributed by atoms with van der Waals surface area (Å²) in [7, 11) is 0. The monoisotopic (exact) mass is 331 g/mol. The summed E-state index contributed by atoms with van der Waals surface area (Å²) in [6, 6.07) is 3.87. The van der Waals surface area contributed by atoms with E-state index in [-0.39, 0.29) is 12.0 Å². The number of thiazole rings is 1. The Hall–Kier alpha value is -1.79. The summed E-state index contributed by atoms with van der Waals surface area (Å²) in [5.74, 6) is -0.393. The Morgan fingerprint density at radius 2 is 2.17 bits per heavy atom. The molecule has 122 valence electrons. The maximum Gasteiger partial charge on any atom is 0.323 e. The minimum Gasteiger partial charge on any atom is -0.480 e. The standard InChI is InChI=1S/C17H21N3O2S/c1-11(2)9-17(16(21)22)10-13(12-3-5-18-6-4-12)14(20-17)15-19-7-8-23-15/h3-8,11,13-14,20H,9-10H2,1-2H3,(H,21,22)/t13-,14-,17+/m1/s1. The number of carbonyl (C=O) groups is 1. The third kappa shape index (κ3) is 3.14. The van der Waals surface area contributed by atoms with Crippen molar-refractivity contribution in [2.75, 3.05) is 0 Å². The van der Waals surface area contributed by atoms with Crippen molar-refractivity contribution in [2.45, 2.75) is 44.2 Å². The second kappa shape index (κ2) is 6.37. The van der Waals surface area contributed by atoms with Crippen molar-refractivity contribution in [3.8, 4) is 0 Å². The number of hydrogen-bond acceptors (Lipinski definition) is 5. The second-order valence-electron chi connectivity index (χ2n) is 6.57. The van der Waals surface area contributed by atoms with Crippen LogP contribution in [-0.2, 0) is 4.79 Å². The van der Waals surface area contributed by atoms with Crippen LogP contribution in [0.4, 0.5) is 0 Å². The zero-order valence-corrected chi connectivity index (χ0v) is 14.1. The van der Waals surface area contributed by atoms with Crippen molar-refractivity contribution >= 4 is 17.3 Å². The van der Waals surface area contributed by atoms with Gasteiger partial charge in [-0.2, -0.15) is 0 Å². The topological polar surface area (TPSA) is 75.1 Å². The molecule has 0 bridgehead atoms. The molecule has 1 fully saturated rings. The number of hydrogen-bond donors (Lipinski definition) is 2. The number of pyridine rings is 1. The lowest BCUT2D eigenvalue weighted by Gasteiger charge is -2.27. The van der Waals surface area contributed by atoms with Crippen LogP contribution in [0.1, 0.15) is 49.2 Å². The Bertz CT molecular complexity index is 660. The van der Waals surface area contributed by atoms with Gasteiger partial charge in [0.05, 0.1) is 6.04 Å². The average Bonchev–Trinajstić information content (AvgIpc) is 3.15. The highest BCUT2D eigenvalue weighted by Crippen LogP contribution is 2.47. The highest BCUT2D eigenvalue weighted by molar-refractivity contribution is 7.09. The summed E-state index contributed by atoms with van der Waals surface area (Å²) in [5.41, 5.74) is 0.206. The Balaban J connectivity index is 2.00. The number of aliphatic carboxylic acids is 1. The molecule has 2 N–H and O–H groups in total. The van der Waals surface area contributed by atoms with Crippen LogP contribution in [0.5, 0.6) is 0 Å². The minimum atomic E-state index is -0.904. The van der Waals surface area contributed by atoms with Crippen LogP contribution < -0.4 is 5.32 Å². The van der Waals surface area contributed by atoms with E-state index in [1.54, 1.807) is 29.9 Å². The van der Waals surface area contributed by atoms with Crippen molar-refractivity contribution in [1.29, 1.82) is 0 Å². The van der Waals surface area contributed by atoms with Crippen LogP contribution in [0.2, 0.25) is 0 Å². The SMILES string of the molecule is CC(C)C[C@@]1(C(=O)O)C[C@H](c2ccncc2)[C@H](c2nccs2)N1. The molecule has 0 radical (unpaired) electrons. The molecule has 3 atom stereocenters. The molecule has 2 aromatic rings. The molecular weight excluding hydrogens is 310 g/mol. The summed E-state index contributed by atoms with van der Waals surface area (Å²) in [6.45, 7) is 4.12. The predicted molar refractivity (Wildman–Crippen MR) is 89.4 cm³/mol. The zero-order valence-electron chi connectivity index (χ0n) is 13.3. The third-order valence-electron chi connectivity index (χ3n) is 4.42. The lowest BCUT2D eigenvalue weighted by atomic mass is 9.82. The molecule has 0 aromatic carbocycles. The second-order valence-corrected chi connectivity index (χ2v) is 7.49. The predicted octanol–water partition coefficient (Wildman–Crippen LogP) is 3.23. The van der Waals surface area contributed by atoms with Gasteiger partial charge in [0.1, 0.15) is 10.5 Å². The van der Waals surface area contributed by atoms with E-state index < -0.39 is 11.5 Å². The normalized spacial score (nSPS) is 27.4. The summed E-state index contributed by atoms with van der Waals surface area (Å²) in [4.78, 5) is 20.6. The molecule has 2 aromatic heterocycles. The van der Waals surface area contributed by atoms with Gasteiger partial charge < -0.3 is 5.11 Å². The molecule has 0 spiro atoms. The van der Waals surface area contributed by atoms with Crippen LogP contribution in [-0.4, -0.2) is 26.6 Å². The third-order valence-corrected chi connectivity index (χ3v) is 5.28. The number of nitrogens with one attached hydrogen (secondary N) is 1. The van der Waals surface area contributed by atoms with E-state index >= 15 is 0 Å². The first-order valence-corrected chi connectivity index (χ1v) is 8.70. The lowest BCUT2D eigenvalue weighted by molar-refractivity contribution is -0.145. The van der Waals surface area contributed by atoms with Crippen LogP contribution >= 0.6 is 11.3 Å². The molecule has 1 saturated heterocycles. The van der Waals surface area contributed by atoms with Crippen LogP contribution in [0.3, 0.4) is 0 Å². The number of carboxylic acids is 1. The Labute approximate surface area is 139 Å². The van der Waals surface area contributed by atoms with Gasteiger partial charge in [0, 0.05) is 29.9 Å². The van der Waals surface area contributed by atoms with Crippen molar-refractivity contribution in [2.24, 2.45) is 5.92 Å². The fraction of sp³-hybridized carbons (Fsp3) is 0.471. The van der Waals surface area contributed by atoms with E-state index in [2.05, 4.69) is 29.1 Å². The Morgan fingerprint density at radius 1 is 1.43 bits per heavy atom. The smallest absolute Gasteiger partial charge is 0.323 e. The number of aromatic nitrogens is 2. The maximum atomic E-state index is 12.1. The van der Waals surface area contributed by atoms with Gasteiger partial charge in [-0.25, -0.2) is 4.98 Å². The number of nitrogens with zero attached hydrogens (tertiary/aromatic N) is 2. The van der Waals surface area contributed by atoms with Crippen LogP contribution in [0, 0.1) is 5.92 Å². The maximum absolute atomic E-state index is 12.1. The minimum absolute atomic E-state index is 0.0766. The summed E-state index contributed by atoms with van der Waals surface area (Å²) < 4.78 is 0. The summed E-state index contributed by atoms with van der Waals surface area (Å²) >= 11 is 1.57. The quantitative estimate of drug-likeness (QED) is 0.880. The van der Waals surface area contributed by atoms with Crippen LogP contribution in [0.25, 0.3) is 0 Å². The van der Waals surface area contributed by atoms with Gasteiger partial charge in [0.2, 0.25) is 0 Å². The van der Waals surface area contributed by atoms with E-state index in [4.69, 9.17) is 0 Å². The first-order valence-electron chi connectivity index (χ1n) is 7.82. The molecule has 23 heavy (non-hydrogen) atoms. The van der Waals surface area contributed by atoms with Gasteiger partial charge in [0.15, 0.2) is 0 Å². The van der Waals surface area contributed by atoms with Crippen molar-refractivity contribution in [3.05, 3.63) is 46.7 Å². The van der Waals surface area contributed by atoms with E-state index in [9.17, 15) is 9.90 Å². The number of rotatable bonds is 5. The molecule has 0 aliphatic carbocycles. The number of carboxylic acid groups (broad SMARTS) is 1. The Morgan fingerprint density at radius 3 is 2.74 bits per heavy atom. The highest BCUT2D eigenvalue weighted by atomic mass is 32.1. The highest BCUT2D eigenvalue weighted by Gasteiger charge is 2.51. The fourth-order valence-electron chi connectivity index (χ4n) is 3.57. The molecular formula is C17H21N3O2S.